The summed E-state index contributed by atoms with van der Waals surface area (Å²) in [7, 11) is 0. The molecule has 0 aliphatic heterocycles. The Kier molecular flexibility index (Phi) is 7.91. The van der Waals surface area contributed by atoms with Gasteiger partial charge >= 0.3 is 18.1 Å². The molecule has 0 saturated heterocycles. The van der Waals surface area contributed by atoms with Gasteiger partial charge in [0.2, 0.25) is 0 Å². The van der Waals surface area contributed by atoms with Gasteiger partial charge in [0.25, 0.3) is 0 Å². The van der Waals surface area contributed by atoms with Gasteiger partial charge in [-0.3, -0.25) is 9.59 Å². The topological polar surface area (TPSA) is 93.1 Å². The predicted octanol–water partition coefficient (Wildman–Crippen LogP) is 6.11. The maximum atomic E-state index is 13.6. The summed E-state index contributed by atoms with van der Waals surface area (Å²) in [6.45, 7) is 12.5. The fourth-order valence-corrected chi connectivity index (χ4v) is 7.78. The van der Waals surface area contributed by atoms with Gasteiger partial charge in [0.1, 0.15) is 11.7 Å². The lowest BCUT2D eigenvalue weighted by Gasteiger charge is -2.64. The summed E-state index contributed by atoms with van der Waals surface area (Å²) in [5.41, 5.74) is -6.98. The lowest BCUT2D eigenvalue weighted by Crippen LogP contribution is -2.63. The van der Waals surface area contributed by atoms with Crippen molar-refractivity contribution < 1.29 is 42.4 Å². The summed E-state index contributed by atoms with van der Waals surface area (Å²) in [5, 5.41) is 20.8. The third-order valence-electron chi connectivity index (χ3n) is 9.88. The van der Waals surface area contributed by atoms with Crippen LogP contribution in [0.25, 0.3) is 0 Å². The maximum Gasteiger partial charge on any atom is 0.417 e. The highest BCUT2D eigenvalue weighted by Crippen LogP contribution is 2.66. The summed E-state index contributed by atoms with van der Waals surface area (Å²) in [4.78, 5) is 26.8. The Labute approximate surface area is 225 Å². The number of alkyl halides is 3. The molecule has 2 N–H and O–H groups in total. The minimum absolute atomic E-state index is 0.0934. The Morgan fingerprint density at radius 1 is 0.947 bits per heavy atom. The van der Waals surface area contributed by atoms with E-state index in [0.29, 0.717) is 31.6 Å². The molecule has 4 aliphatic carbocycles. The lowest BCUT2D eigenvalue weighted by atomic mass is 9.44. The first-order chi connectivity index (χ1) is 17.0. The molecule has 4 fully saturated rings. The molecule has 0 aromatic carbocycles. The second-order valence-corrected chi connectivity index (χ2v) is 14.5. The number of halogens is 3. The van der Waals surface area contributed by atoms with Crippen molar-refractivity contribution in [2.24, 2.45) is 28.1 Å². The van der Waals surface area contributed by atoms with Crippen LogP contribution in [-0.4, -0.2) is 51.2 Å². The van der Waals surface area contributed by atoms with Crippen LogP contribution in [0.3, 0.4) is 0 Å². The van der Waals surface area contributed by atoms with Crippen molar-refractivity contribution in [1.29, 1.82) is 0 Å². The Morgan fingerprint density at radius 3 is 1.92 bits per heavy atom. The predicted molar refractivity (Wildman–Crippen MR) is 136 cm³/mol. The number of rotatable bonds is 10. The number of ether oxygens (including phenoxy) is 2. The number of carbonyl (C=O) groups excluding carboxylic acids is 2. The van der Waals surface area contributed by atoms with Crippen molar-refractivity contribution in [2.45, 2.75) is 142 Å². The van der Waals surface area contributed by atoms with E-state index in [1.165, 1.54) is 6.92 Å². The maximum absolute atomic E-state index is 13.6. The average molecular weight is 549 g/mol. The molecule has 0 spiro atoms. The van der Waals surface area contributed by atoms with Crippen molar-refractivity contribution in [3.05, 3.63) is 0 Å². The molecule has 5 unspecified atom stereocenters. The van der Waals surface area contributed by atoms with Crippen LogP contribution < -0.4 is 0 Å². The first kappa shape index (κ1) is 31.2. The molecular formula is C29H47F3O6. The Bertz CT molecular complexity index is 904. The van der Waals surface area contributed by atoms with Gasteiger partial charge in [-0.15, -0.1) is 0 Å². The van der Waals surface area contributed by atoms with Gasteiger partial charge < -0.3 is 19.7 Å². The van der Waals surface area contributed by atoms with E-state index in [-0.39, 0.29) is 11.8 Å². The van der Waals surface area contributed by atoms with Crippen LogP contribution in [0, 0.1) is 28.1 Å². The molecular weight excluding hydrogens is 501 g/mol. The van der Waals surface area contributed by atoms with Gasteiger partial charge in [0, 0.05) is 11.8 Å². The third kappa shape index (κ3) is 5.89. The van der Waals surface area contributed by atoms with Crippen LogP contribution in [-0.2, 0) is 19.1 Å². The van der Waals surface area contributed by atoms with Crippen LogP contribution in [0.2, 0.25) is 0 Å². The normalized spacial score (nSPS) is 33.3. The van der Waals surface area contributed by atoms with E-state index in [1.54, 1.807) is 27.7 Å². The van der Waals surface area contributed by atoms with Gasteiger partial charge in [-0.2, -0.15) is 13.2 Å². The van der Waals surface area contributed by atoms with E-state index in [1.807, 2.05) is 13.8 Å². The largest absolute Gasteiger partial charge is 0.462 e. The molecule has 0 aromatic heterocycles. The highest BCUT2D eigenvalue weighted by atomic mass is 19.4. The number of esters is 2. The Morgan fingerprint density at radius 2 is 1.47 bits per heavy atom. The second-order valence-electron chi connectivity index (χ2n) is 14.5. The molecule has 6 nitrogen and oxygen atoms in total. The van der Waals surface area contributed by atoms with E-state index in [0.717, 1.165) is 32.1 Å². The molecule has 4 aliphatic rings. The molecule has 38 heavy (non-hydrogen) atoms. The van der Waals surface area contributed by atoms with Gasteiger partial charge in [0.15, 0.2) is 5.60 Å². The minimum Gasteiger partial charge on any atom is -0.462 e. The summed E-state index contributed by atoms with van der Waals surface area (Å²) < 4.78 is 51.0. The lowest BCUT2D eigenvalue weighted by molar-refractivity contribution is -0.261. The fourth-order valence-electron chi connectivity index (χ4n) is 7.78. The highest BCUT2D eigenvalue weighted by molar-refractivity contribution is 5.80. The number of hydrogen-bond donors (Lipinski definition) is 2. The van der Waals surface area contributed by atoms with Gasteiger partial charge in [-0.1, -0.05) is 6.92 Å². The van der Waals surface area contributed by atoms with Gasteiger partial charge in [-0.25, -0.2) is 0 Å². The third-order valence-corrected chi connectivity index (χ3v) is 9.88. The van der Waals surface area contributed by atoms with Crippen molar-refractivity contribution >= 4 is 11.9 Å². The molecule has 0 radical (unpaired) electrons. The van der Waals surface area contributed by atoms with E-state index in [9.17, 15) is 33.0 Å². The van der Waals surface area contributed by atoms with Crippen molar-refractivity contribution in [3.8, 4) is 0 Å². The Hall–Kier alpha value is -1.35. The number of aliphatic hydroxyl groups is 2. The van der Waals surface area contributed by atoms with E-state index in [2.05, 4.69) is 0 Å². The van der Waals surface area contributed by atoms with E-state index >= 15 is 0 Å². The molecule has 5 atom stereocenters. The average Bonchev–Trinajstić information content (AvgIpc) is 2.69. The summed E-state index contributed by atoms with van der Waals surface area (Å²) in [5.74, 6) is -0.303. The van der Waals surface area contributed by atoms with Crippen molar-refractivity contribution in [3.63, 3.8) is 0 Å². The zero-order valence-electron chi connectivity index (χ0n) is 24.3. The van der Waals surface area contributed by atoms with Crippen molar-refractivity contribution in [1.82, 2.24) is 0 Å². The minimum atomic E-state index is -4.85. The smallest absolute Gasteiger partial charge is 0.417 e. The van der Waals surface area contributed by atoms with Crippen molar-refractivity contribution in [2.75, 3.05) is 0 Å². The molecule has 4 bridgehead atoms. The van der Waals surface area contributed by atoms with Gasteiger partial charge in [0.05, 0.1) is 16.4 Å². The first-order valence-electron chi connectivity index (χ1n) is 13.9. The zero-order chi connectivity index (χ0) is 29.2. The monoisotopic (exact) mass is 548 g/mol. The molecule has 4 saturated carbocycles. The van der Waals surface area contributed by atoms with Crippen LogP contribution in [0.1, 0.15) is 113 Å². The van der Waals surface area contributed by atoms with Crippen LogP contribution in [0.5, 0.6) is 0 Å². The quantitative estimate of drug-likeness (QED) is 0.320. The summed E-state index contributed by atoms with van der Waals surface area (Å²) in [6.07, 6.45) is -1.25. The van der Waals surface area contributed by atoms with Crippen LogP contribution in [0.4, 0.5) is 13.2 Å². The summed E-state index contributed by atoms with van der Waals surface area (Å²) >= 11 is 0. The van der Waals surface area contributed by atoms with Gasteiger partial charge in [-0.05, 0) is 112 Å². The second kappa shape index (κ2) is 9.64. The Balaban J connectivity index is 1.71. The number of hydrogen-bond acceptors (Lipinski definition) is 6. The van der Waals surface area contributed by atoms with E-state index < -0.39 is 58.3 Å². The fraction of sp³-hybridized carbons (Fsp3) is 0.931. The van der Waals surface area contributed by atoms with E-state index in [4.69, 9.17) is 9.47 Å². The number of carbonyl (C=O) groups is 2. The highest BCUT2D eigenvalue weighted by Gasteiger charge is 2.64. The molecule has 0 heterocycles. The zero-order valence-corrected chi connectivity index (χ0v) is 24.3. The summed E-state index contributed by atoms with van der Waals surface area (Å²) in [6, 6.07) is 0. The molecule has 4 rings (SSSR count). The molecule has 0 amide bonds. The molecule has 9 heteroatoms. The van der Waals surface area contributed by atoms with Crippen LogP contribution in [0.15, 0.2) is 0 Å². The van der Waals surface area contributed by atoms with Crippen LogP contribution >= 0.6 is 0 Å². The SMILES string of the molecule is CCC(C)(CC(C)(C)C(=O)OC12CC3CC(C1)CC(C(C)(C)O)(C3)C2)C(=O)OC(C)CC(C)(O)C(F)(F)F. The first-order valence-corrected chi connectivity index (χ1v) is 13.9. The molecule has 0 aromatic rings. The standard InChI is InChI=1S/C29H47F3O6/c1-9-25(7,22(34)37-18(2)11-26(8,36)29(30,31)32)16-23(3,4)21(33)38-28-14-19-10-20(15-28)13-27(12-19,17-28)24(5,6)35/h18-20,35-36H,9-17H2,1-8H3. The molecule has 220 valence electrons.